The fraction of sp³-hybridized carbons (Fsp3) is 0.571. The highest BCUT2D eigenvalue weighted by Gasteiger charge is 2.19. The Labute approximate surface area is 120 Å². The first-order valence-electron chi connectivity index (χ1n) is 6.87. The molecule has 1 N–H and O–H groups in total. The number of ether oxygens (including phenoxy) is 1. The Kier molecular flexibility index (Phi) is 4.88. The number of rotatable bonds is 4. The van der Waals surface area contributed by atoms with Crippen molar-refractivity contribution in [2.75, 3.05) is 31.2 Å². The molecule has 0 unspecified atom stereocenters. The van der Waals surface area contributed by atoms with Crippen molar-refractivity contribution < 1.29 is 18.3 Å². The lowest BCUT2D eigenvalue weighted by Crippen LogP contribution is -2.26. The van der Waals surface area contributed by atoms with Crippen LogP contribution in [-0.4, -0.2) is 49.6 Å². The molecule has 112 valence electrons. The standard InChI is InChI=1S/C14H21NO4S/c1-2-19-14-10-12(4-5-13(14)16)11-15-6-3-8-20(17,18)9-7-15/h4-5,10,16H,2-3,6-9,11H2,1H3. The van der Waals surface area contributed by atoms with Gasteiger partial charge in [0.1, 0.15) is 0 Å². The van der Waals surface area contributed by atoms with Gasteiger partial charge in [-0.25, -0.2) is 8.42 Å². The van der Waals surface area contributed by atoms with Gasteiger partial charge in [0.2, 0.25) is 0 Å². The lowest BCUT2D eigenvalue weighted by Gasteiger charge is -2.19. The molecule has 1 aliphatic heterocycles. The molecule has 0 spiro atoms. The molecular weight excluding hydrogens is 278 g/mol. The Balaban J connectivity index is 2.04. The van der Waals surface area contributed by atoms with Gasteiger partial charge in [-0.15, -0.1) is 0 Å². The Morgan fingerprint density at radius 1 is 1.30 bits per heavy atom. The highest BCUT2D eigenvalue weighted by molar-refractivity contribution is 7.91. The molecule has 0 bridgehead atoms. The van der Waals surface area contributed by atoms with Crippen molar-refractivity contribution in [3.05, 3.63) is 23.8 Å². The van der Waals surface area contributed by atoms with Crippen LogP contribution in [0.3, 0.4) is 0 Å². The van der Waals surface area contributed by atoms with Crippen molar-refractivity contribution in [3.63, 3.8) is 0 Å². The molecule has 0 amide bonds. The Hall–Kier alpha value is -1.27. The van der Waals surface area contributed by atoms with E-state index < -0.39 is 9.84 Å². The van der Waals surface area contributed by atoms with Gasteiger partial charge >= 0.3 is 0 Å². The molecule has 1 fully saturated rings. The van der Waals surface area contributed by atoms with Crippen LogP contribution in [0.5, 0.6) is 11.5 Å². The second-order valence-corrected chi connectivity index (χ2v) is 7.32. The SMILES string of the molecule is CCOc1cc(CN2CCCS(=O)(=O)CC2)ccc1O. The number of hydrogen-bond acceptors (Lipinski definition) is 5. The third-order valence-corrected chi connectivity index (χ3v) is 5.09. The summed E-state index contributed by atoms with van der Waals surface area (Å²) in [6.45, 7) is 4.39. The summed E-state index contributed by atoms with van der Waals surface area (Å²) in [7, 11) is -2.87. The Morgan fingerprint density at radius 3 is 2.85 bits per heavy atom. The summed E-state index contributed by atoms with van der Waals surface area (Å²) in [5, 5.41) is 9.67. The zero-order valence-electron chi connectivity index (χ0n) is 11.7. The van der Waals surface area contributed by atoms with Gasteiger partial charge in [0.15, 0.2) is 21.3 Å². The summed E-state index contributed by atoms with van der Waals surface area (Å²) in [5.41, 5.74) is 1.02. The second-order valence-electron chi connectivity index (χ2n) is 5.02. The van der Waals surface area contributed by atoms with Crippen LogP contribution in [0.1, 0.15) is 18.9 Å². The number of nitrogens with zero attached hydrogens (tertiary/aromatic N) is 1. The second kappa shape index (κ2) is 6.45. The highest BCUT2D eigenvalue weighted by Crippen LogP contribution is 2.27. The molecule has 6 heteroatoms. The molecule has 1 aliphatic rings. The van der Waals surface area contributed by atoms with Crippen LogP contribution < -0.4 is 4.74 Å². The average molecular weight is 299 g/mol. The summed E-state index contributed by atoms with van der Waals surface area (Å²) < 4.78 is 28.5. The summed E-state index contributed by atoms with van der Waals surface area (Å²) in [5.74, 6) is 1.12. The number of phenols is 1. The first kappa shape index (κ1) is 15.1. The van der Waals surface area contributed by atoms with E-state index in [9.17, 15) is 13.5 Å². The van der Waals surface area contributed by atoms with Gasteiger partial charge in [-0.1, -0.05) is 6.07 Å². The van der Waals surface area contributed by atoms with Gasteiger partial charge in [0, 0.05) is 13.1 Å². The zero-order valence-corrected chi connectivity index (χ0v) is 12.5. The molecule has 1 saturated heterocycles. The monoisotopic (exact) mass is 299 g/mol. The molecular formula is C14H21NO4S. The van der Waals surface area contributed by atoms with Crippen molar-refractivity contribution in [1.29, 1.82) is 0 Å². The minimum Gasteiger partial charge on any atom is -0.504 e. The molecule has 2 rings (SSSR count). The molecule has 20 heavy (non-hydrogen) atoms. The number of hydrogen-bond donors (Lipinski definition) is 1. The van der Waals surface area contributed by atoms with Crippen LogP contribution in [-0.2, 0) is 16.4 Å². The predicted octanol–water partition coefficient (Wildman–Crippen LogP) is 1.41. The van der Waals surface area contributed by atoms with Crippen molar-refractivity contribution >= 4 is 9.84 Å². The molecule has 5 nitrogen and oxygen atoms in total. The minimum atomic E-state index is -2.87. The van der Waals surface area contributed by atoms with Gasteiger partial charge in [-0.05, 0) is 37.6 Å². The van der Waals surface area contributed by atoms with E-state index in [0.29, 0.717) is 31.9 Å². The lowest BCUT2D eigenvalue weighted by molar-refractivity contribution is 0.284. The van der Waals surface area contributed by atoms with Crippen molar-refractivity contribution in [3.8, 4) is 11.5 Å². The third kappa shape index (κ3) is 4.11. The third-order valence-electron chi connectivity index (χ3n) is 3.38. The fourth-order valence-corrected chi connectivity index (χ4v) is 3.64. The molecule has 0 radical (unpaired) electrons. The zero-order chi connectivity index (χ0) is 14.6. The number of benzene rings is 1. The van der Waals surface area contributed by atoms with E-state index in [0.717, 1.165) is 12.1 Å². The normalized spacial score (nSPS) is 19.4. The summed E-state index contributed by atoms with van der Waals surface area (Å²) >= 11 is 0. The van der Waals surface area contributed by atoms with Gasteiger partial charge in [0.25, 0.3) is 0 Å². The van der Waals surface area contributed by atoms with E-state index in [2.05, 4.69) is 4.90 Å². The maximum atomic E-state index is 11.6. The van der Waals surface area contributed by atoms with Gasteiger partial charge in [-0.2, -0.15) is 0 Å². The first-order valence-corrected chi connectivity index (χ1v) is 8.70. The summed E-state index contributed by atoms with van der Waals surface area (Å²) in [4.78, 5) is 2.13. The van der Waals surface area contributed by atoms with E-state index >= 15 is 0 Å². The highest BCUT2D eigenvalue weighted by atomic mass is 32.2. The molecule has 1 heterocycles. The van der Waals surface area contributed by atoms with Crippen molar-refractivity contribution in [1.82, 2.24) is 4.90 Å². The predicted molar refractivity (Wildman–Crippen MR) is 77.8 cm³/mol. The summed E-state index contributed by atoms with van der Waals surface area (Å²) in [6, 6.07) is 5.28. The maximum absolute atomic E-state index is 11.6. The molecule has 1 aromatic carbocycles. The van der Waals surface area contributed by atoms with E-state index in [-0.39, 0.29) is 17.3 Å². The average Bonchev–Trinajstić information content (AvgIpc) is 2.55. The van der Waals surface area contributed by atoms with Crippen LogP contribution in [0.4, 0.5) is 0 Å². The lowest BCUT2D eigenvalue weighted by atomic mass is 10.2. The first-order chi connectivity index (χ1) is 9.50. The molecule has 0 aliphatic carbocycles. The van der Waals surface area contributed by atoms with Crippen LogP contribution >= 0.6 is 0 Å². The molecule has 0 saturated carbocycles. The van der Waals surface area contributed by atoms with Crippen LogP contribution in [0.15, 0.2) is 18.2 Å². The largest absolute Gasteiger partial charge is 0.504 e. The van der Waals surface area contributed by atoms with E-state index in [1.807, 2.05) is 19.1 Å². The van der Waals surface area contributed by atoms with Crippen molar-refractivity contribution in [2.24, 2.45) is 0 Å². The van der Waals surface area contributed by atoms with E-state index in [1.165, 1.54) is 0 Å². The fourth-order valence-electron chi connectivity index (χ4n) is 2.33. The Bertz CT molecular complexity index is 556. The minimum absolute atomic E-state index is 0.133. The van der Waals surface area contributed by atoms with Gasteiger partial charge < -0.3 is 9.84 Å². The van der Waals surface area contributed by atoms with Gasteiger partial charge in [-0.3, -0.25) is 4.90 Å². The molecule has 0 aromatic heterocycles. The maximum Gasteiger partial charge on any atom is 0.161 e. The van der Waals surface area contributed by atoms with Crippen LogP contribution in [0.25, 0.3) is 0 Å². The summed E-state index contributed by atoms with van der Waals surface area (Å²) in [6.07, 6.45) is 0.679. The Morgan fingerprint density at radius 2 is 2.10 bits per heavy atom. The molecule has 0 atom stereocenters. The van der Waals surface area contributed by atoms with Gasteiger partial charge in [0.05, 0.1) is 18.1 Å². The quantitative estimate of drug-likeness (QED) is 0.910. The number of sulfone groups is 1. The van der Waals surface area contributed by atoms with E-state index in [4.69, 9.17) is 4.74 Å². The molecule has 1 aromatic rings. The van der Waals surface area contributed by atoms with Crippen molar-refractivity contribution in [2.45, 2.75) is 19.9 Å². The topological polar surface area (TPSA) is 66.8 Å². The smallest absolute Gasteiger partial charge is 0.161 e. The van der Waals surface area contributed by atoms with E-state index in [1.54, 1.807) is 6.07 Å². The number of phenolic OH excluding ortho intramolecular Hbond substituents is 1. The number of aromatic hydroxyl groups is 1. The van der Waals surface area contributed by atoms with Crippen LogP contribution in [0.2, 0.25) is 0 Å². The van der Waals surface area contributed by atoms with Crippen LogP contribution in [0, 0.1) is 0 Å².